The van der Waals surface area contributed by atoms with Gasteiger partial charge in [-0.15, -0.1) is 0 Å². The monoisotopic (exact) mass is 418 g/mol. The Morgan fingerprint density at radius 3 is 2.50 bits per heavy atom. The average Bonchev–Trinajstić information content (AvgIpc) is 3.12. The second-order valence-corrected chi connectivity index (χ2v) is 9.07. The van der Waals surface area contributed by atoms with Gasteiger partial charge in [0.2, 0.25) is 0 Å². The molecule has 11 heteroatoms. The molecule has 1 unspecified atom stereocenters. The maximum Gasteiger partial charge on any atom is 0.370 e. The van der Waals surface area contributed by atoms with E-state index < -0.39 is 30.7 Å². The quantitative estimate of drug-likeness (QED) is 0.469. The second kappa shape index (κ2) is 9.65. The molecule has 10 nitrogen and oxygen atoms in total. The first-order valence-electron chi connectivity index (χ1n) is 8.96. The highest BCUT2D eigenvalue weighted by atomic mass is 31.2. The number of rotatable bonds is 9. The molecule has 1 heterocycles. The Hall–Kier alpha value is -1.74. The summed E-state index contributed by atoms with van der Waals surface area (Å²) in [6, 6.07) is 0. The van der Waals surface area contributed by atoms with Crippen molar-refractivity contribution in [1.82, 2.24) is 9.55 Å². The van der Waals surface area contributed by atoms with Gasteiger partial charge in [-0.25, -0.2) is 9.59 Å². The van der Waals surface area contributed by atoms with Crippen LogP contribution in [-0.4, -0.2) is 49.3 Å². The highest BCUT2D eigenvalue weighted by Gasteiger charge is 2.43. The van der Waals surface area contributed by atoms with E-state index in [1.54, 1.807) is 13.1 Å². The van der Waals surface area contributed by atoms with Crippen molar-refractivity contribution >= 4 is 13.6 Å². The number of carbonyl (C=O) groups is 1. The van der Waals surface area contributed by atoms with Crippen LogP contribution < -0.4 is 11.2 Å². The van der Waals surface area contributed by atoms with E-state index in [9.17, 15) is 18.9 Å². The van der Waals surface area contributed by atoms with Crippen LogP contribution in [0.1, 0.15) is 24.8 Å². The van der Waals surface area contributed by atoms with Crippen LogP contribution >= 0.6 is 7.60 Å². The second-order valence-electron chi connectivity index (χ2n) is 6.79. The van der Waals surface area contributed by atoms with Crippen LogP contribution in [0.3, 0.4) is 0 Å². The summed E-state index contributed by atoms with van der Waals surface area (Å²) in [6.45, 7) is 2.19. The zero-order chi connectivity index (χ0) is 20.9. The average molecular weight is 418 g/mol. The van der Waals surface area contributed by atoms with Crippen LogP contribution in [0.15, 0.2) is 15.8 Å². The van der Waals surface area contributed by atoms with Gasteiger partial charge in [-0.3, -0.25) is 14.3 Å². The molecule has 1 N–H and O–H groups in total. The smallest absolute Gasteiger partial charge is 0.370 e. The van der Waals surface area contributed by atoms with Crippen molar-refractivity contribution in [3.05, 3.63) is 32.6 Å². The topological polar surface area (TPSA) is 126 Å². The molecule has 0 saturated heterocycles. The third kappa shape index (κ3) is 5.00. The molecule has 1 aliphatic rings. The molecule has 158 valence electrons. The summed E-state index contributed by atoms with van der Waals surface area (Å²) in [5.41, 5.74) is -0.404. The van der Waals surface area contributed by atoms with E-state index >= 15 is 0 Å². The Balaban J connectivity index is 2.11. The summed E-state index contributed by atoms with van der Waals surface area (Å²) in [5, 5.41) is 0. The number of hydrogen-bond acceptors (Lipinski definition) is 8. The molecular formula is C17H27N2O8P. The van der Waals surface area contributed by atoms with Crippen LogP contribution in [0.2, 0.25) is 0 Å². The normalized spacial score (nSPS) is 20.9. The molecule has 0 radical (unpaired) electrons. The molecule has 2 rings (SSSR count). The number of nitrogens with zero attached hydrogens (tertiary/aromatic N) is 1. The zero-order valence-corrected chi connectivity index (χ0v) is 17.4. The Morgan fingerprint density at radius 1 is 1.25 bits per heavy atom. The van der Waals surface area contributed by atoms with Gasteiger partial charge in [0.1, 0.15) is 0 Å². The predicted molar refractivity (Wildman–Crippen MR) is 100 cm³/mol. The van der Waals surface area contributed by atoms with E-state index in [0.29, 0.717) is 12.1 Å². The molecule has 1 fully saturated rings. The Morgan fingerprint density at radius 2 is 1.89 bits per heavy atom. The summed E-state index contributed by atoms with van der Waals surface area (Å²) >= 11 is 0. The third-order valence-corrected chi connectivity index (χ3v) is 7.06. The number of ether oxygens (including phenoxy) is 2. The largest absolute Gasteiger partial charge is 0.467 e. The third-order valence-electron chi connectivity index (χ3n) is 5.10. The lowest BCUT2D eigenvalue weighted by Gasteiger charge is -2.26. The van der Waals surface area contributed by atoms with Crippen LogP contribution in [0.25, 0.3) is 0 Å². The maximum absolute atomic E-state index is 12.6. The first-order valence-corrected chi connectivity index (χ1v) is 10.6. The first-order chi connectivity index (χ1) is 13.3. The molecule has 1 aromatic heterocycles. The van der Waals surface area contributed by atoms with Gasteiger partial charge in [0.05, 0.1) is 13.7 Å². The zero-order valence-electron chi connectivity index (χ0n) is 16.5. The lowest BCUT2D eigenvalue weighted by molar-refractivity contribution is -0.150. The number of carbonyl (C=O) groups excluding carboxylic acids is 1. The van der Waals surface area contributed by atoms with E-state index in [-0.39, 0.29) is 18.4 Å². The Labute approximate surface area is 162 Å². The molecule has 0 aromatic carbocycles. The number of aromatic amines is 1. The molecule has 1 saturated carbocycles. The first kappa shape index (κ1) is 22.5. The number of esters is 1. The van der Waals surface area contributed by atoms with Gasteiger partial charge < -0.3 is 23.1 Å². The lowest BCUT2D eigenvalue weighted by Crippen LogP contribution is -2.34. The molecule has 0 amide bonds. The number of H-pyrrole nitrogens is 1. The van der Waals surface area contributed by atoms with Gasteiger partial charge in [0.15, 0.2) is 0 Å². The van der Waals surface area contributed by atoms with Gasteiger partial charge in [-0.1, -0.05) is 6.42 Å². The highest BCUT2D eigenvalue weighted by molar-refractivity contribution is 7.55. The minimum Gasteiger partial charge on any atom is -0.467 e. The fourth-order valence-corrected chi connectivity index (χ4v) is 4.61. The summed E-state index contributed by atoms with van der Waals surface area (Å²) in [7, 11) is -0.307. The van der Waals surface area contributed by atoms with E-state index in [0.717, 1.165) is 26.4 Å². The maximum atomic E-state index is 12.6. The van der Waals surface area contributed by atoms with Gasteiger partial charge in [0.25, 0.3) is 11.4 Å². The lowest BCUT2D eigenvalue weighted by atomic mass is 9.97. The van der Waals surface area contributed by atoms with Crippen LogP contribution in [0.4, 0.5) is 0 Å². The van der Waals surface area contributed by atoms with E-state index in [1.807, 2.05) is 0 Å². The minimum absolute atomic E-state index is 0.0356. The predicted octanol–water partition coefficient (Wildman–Crippen LogP) is 1.26. The molecule has 0 bridgehead atoms. The van der Waals surface area contributed by atoms with Crippen LogP contribution in [0, 0.1) is 18.8 Å². The summed E-state index contributed by atoms with van der Waals surface area (Å²) < 4.78 is 34.1. The van der Waals surface area contributed by atoms with Crippen molar-refractivity contribution in [3.63, 3.8) is 0 Å². The fraction of sp³-hybridized carbons (Fsp3) is 0.706. The van der Waals surface area contributed by atoms with Gasteiger partial charge in [0, 0.05) is 32.5 Å². The standard InChI is InChI=1S/C17H27N2O8P/c1-11-8-19(17(22)18-14(11)20)9-12-6-5-7-13(12)10-27-16(15(21)24-2)28(23,25-3)26-4/h8,12-13,16H,5-7,9-10H2,1-4H3,(H,18,20,22)/t12-,13+,16?/m1/s1. The number of aromatic nitrogens is 2. The number of methoxy groups -OCH3 is 1. The fourth-order valence-electron chi connectivity index (χ4n) is 3.45. The van der Waals surface area contributed by atoms with Gasteiger partial charge in [-0.05, 0) is 31.6 Å². The van der Waals surface area contributed by atoms with Crippen molar-refractivity contribution in [3.8, 4) is 0 Å². The van der Waals surface area contributed by atoms with Crippen molar-refractivity contribution < 1.29 is 27.9 Å². The molecule has 28 heavy (non-hydrogen) atoms. The summed E-state index contributed by atoms with van der Waals surface area (Å²) in [5.74, 6) is -2.18. The molecular weight excluding hydrogens is 391 g/mol. The summed E-state index contributed by atoms with van der Waals surface area (Å²) in [4.78, 5) is 37.9. The summed E-state index contributed by atoms with van der Waals surface area (Å²) in [6.07, 6.45) is 4.18. The molecule has 3 atom stereocenters. The van der Waals surface area contributed by atoms with Crippen molar-refractivity contribution in [1.29, 1.82) is 0 Å². The Kier molecular flexibility index (Phi) is 7.77. The van der Waals surface area contributed by atoms with Crippen LogP contribution in [-0.2, 0) is 34.4 Å². The van der Waals surface area contributed by atoms with Gasteiger partial charge >= 0.3 is 19.3 Å². The number of nitrogens with one attached hydrogen (secondary N) is 1. The highest BCUT2D eigenvalue weighted by Crippen LogP contribution is 2.52. The van der Waals surface area contributed by atoms with E-state index in [4.69, 9.17) is 13.8 Å². The molecule has 1 aliphatic carbocycles. The van der Waals surface area contributed by atoms with E-state index in [2.05, 4.69) is 9.72 Å². The van der Waals surface area contributed by atoms with Gasteiger partial charge in [-0.2, -0.15) is 0 Å². The molecule has 1 aromatic rings. The van der Waals surface area contributed by atoms with E-state index in [1.165, 1.54) is 18.8 Å². The minimum atomic E-state index is -3.82. The Bertz CT molecular complexity index is 840. The van der Waals surface area contributed by atoms with Crippen molar-refractivity contribution in [2.24, 2.45) is 11.8 Å². The SMILES string of the molecule is COC(=O)C(OC[C@@H]1CCC[C@@H]1Cn1cc(C)c(=O)[nH]c1=O)P(=O)(OC)OC. The molecule has 0 spiro atoms. The number of hydrogen-bond donors (Lipinski definition) is 1. The van der Waals surface area contributed by atoms with Crippen molar-refractivity contribution in [2.45, 2.75) is 38.6 Å². The number of aryl methyl sites for hydroxylation is 1. The van der Waals surface area contributed by atoms with Crippen LogP contribution in [0.5, 0.6) is 0 Å². The molecule has 0 aliphatic heterocycles. The van der Waals surface area contributed by atoms with Crippen molar-refractivity contribution in [2.75, 3.05) is 27.9 Å².